The van der Waals surface area contributed by atoms with E-state index in [0.717, 1.165) is 48.6 Å². The highest BCUT2D eigenvalue weighted by Gasteiger charge is 2.47. The Balaban J connectivity index is 1.57. The third-order valence-corrected chi connectivity index (χ3v) is 7.26. The summed E-state index contributed by atoms with van der Waals surface area (Å²) in [6, 6.07) is 0.218. The average molecular weight is 440 g/mol. The number of carbonyl (C=O) groups excluding carboxylic acids is 1. The second-order valence-corrected chi connectivity index (χ2v) is 10.6. The van der Waals surface area contributed by atoms with Gasteiger partial charge in [0.25, 0.3) is 0 Å². The van der Waals surface area contributed by atoms with Crippen LogP contribution in [-0.2, 0) is 11.3 Å². The van der Waals surface area contributed by atoms with Crippen molar-refractivity contribution in [1.82, 2.24) is 19.4 Å². The minimum atomic E-state index is -0.518. The van der Waals surface area contributed by atoms with Gasteiger partial charge in [-0.3, -0.25) is 4.79 Å². The number of nitrogens with zero attached hydrogens (tertiary/aromatic N) is 5. The molecule has 1 aliphatic carbocycles. The van der Waals surface area contributed by atoms with Crippen molar-refractivity contribution in [3.63, 3.8) is 0 Å². The fourth-order valence-electron chi connectivity index (χ4n) is 5.43. The molecule has 2 aromatic heterocycles. The number of ether oxygens (including phenoxy) is 1. The topological polar surface area (TPSA) is 80.6 Å². The van der Waals surface area contributed by atoms with Gasteiger partial charge in [0.1, 0.15) is 11.3 Å². The molecule has 2 fully saturated rings. The normalized spacial score (nSPS) is 24.9. The van der Waals surface area contributed by atoms with Crippen LogP contribution in [0.1, 0.15) is 70.0 Å². The maximum atomic E-state index is 13.8. The Hall–Kier alpha value is -2.64. The largest absolute Gasteiger partial charge is 0.444 e. The lowest BCUT2D eigenvalue weighted by atomic mass is 9.81. The maximum Gasteiger partial charge on any atom is 0.410 e. The zero-order valence-corrected chi connectivity index (χ0v) is 19.9. The monoisotopic (exact) mass is 439 g/mol. The predicted molar refractivity (Wildman–Crippen MR) is 123 cm³/mol. The van der Waals surface area contributed by atoms with Gasteiger partial charge in [0.05, 0.1) is 17.4 Å². The SMILES string of the molecule is Cc1nc2c(=O)c(N3CCN(C(=O)OC(C)(C)C)[C@H]4CC[C@@H]43)c3n(c2nc1C)CC[C@@H]3C. The Bertz CT molecular complexity index is 1170. The highest BCUT2D eigenvalue weighted by Crippen LogP contribution is 2.41. The second-order valence-electron chi connectivity index (χ2n) is 10.6. The van der Waals surface area contributed by atoms with Crippen molar-refractivity contribution >= 4 is 22.9 Å². The Morgan fingerprint density at radius 2 is 1.69 bits per heavy atom. The molecule has 1 amide bonds. The Morgan fingerprint density at radius 1 is 1.00 bits per heavy atom. The number of fused-ring (bicyclic) bond motifs is 4. The summed E-state index contributed by atoms with van der Waals surface area (Å²) in [5.74, 6) is 0.285. The van der Waals surface area contributed by atoms with Gasteiger partial charge in [0.2, 0.25) is 5.43 Å². The van der Waals surface area contributed by atoms with Crippen molar-refractivity contribution in [2.24, 2.45) is 0 Å². The average Bonchev–Trinajstić information content (AvgIpc) is 3.04. The van der Waals surface area contributed by atoms with Crippen LogP contribution in [0.15, 0.2) is 4.79 Å². The van der Waals surface area contributed by atoms with Crippen LogP contribution < -0.4 is 10.3 Å². The number of anilines is 1. The molecule has 1 saturated carbocycles. The van der Waals surface area contributed by atoms with Crippen LogP contribution in [-0.4, -0.2) is 56.3 Å². The maximum absolute atomic E-state index is 13.8. The van der Waals surface area contributed by atoms with Crippen LogP contribution in [0.4, 0.5) is 10.5 Å². The molecular formula is C24H33N5O3. The molecule has 32 heavy (non-hydrogen) atoms. The van der Waals surface area contributed by atoms with E-state index in [1.54, 1.807) is 0 Å². The lowest BCUT2D eigenvalue weighted by Gasteiger charge is -2.54. The van der Waals surface area contributed by atoms with Crippen molar-refractivity contribution < 1.29 is 9.53 Å². The van der Waals surface area contributed by atoms with Crippen LogP contribution >= 0.6 is 0 Å². The lowest BCUT2D eigenvalue weighted by molar-refractivity contribution is -0.00450. The Labute approximate surface area is 188 Å². The quantitative estimate of drug-likeness (QED) is 0.677. The summed E-state index contributed by atoms with van der Waals surface area (Å²) in [5.41, 5.74) is 4.15. The number of amides is 1. The second kappa shape index (κ2) is 7.18. The van der Waals surface area contributed by atoms with Crippen LogP contribution in [0.25, 0.3) is 11.2 Å². The van der Waals surface area contributed by atoms with E-state index in [1.165, 1.54) is 0 Å². The number of hydrogen-bond donors (Lipinski definition) is 0. The van der Waals surface area contributed by atoms with Crippen LogP contribution in [0, 0.1) is 13.8 Å². The predicted octanol–water partition coefficient (Wildman–Crippen LogP) is 3.50. The summed E-state index contributed by atoms with van der Waals surface area (Å²) in [6.45, 7) is 13.8. The molecule has 4 heterocycles. The molecule has 2 aromatic rings. The van der Waals surface area contributed by atoms with Gasteiger partial charge >= 0.3 is 6.09 Å². The number of carbonyl (C=O) groups is 1. The summed E-state index contributed by atoms with van der Waals surface area (Å²) in [7, 11) is 0. The van der Waals surface area contributed by atoms with E-state index >= 15 is 0 Å². The molecule has 2 aliphatic heterocycles. The Morgan fingerprint density at radius 3 is 2.34 bits per heavy atom. The first-order valence-electron chi connectivity index (χ1n) is 11.7. The van der Waals surface area contributed by atoms with E-state index in [-0.39, 0.29) is 29.5 Å². The first-order chi connectivity index (χ1) is 15.1. The molecule has 0 aromatic carbocycles. The van der Waals surface area contributed by atoms with E-state index in [9.17, 15) is 9.59 Å². The third kappa shape index (κ3) is 3.18. The fourth-order valence-corrected chi connectivity index (χ4v) is 5.43. The number of pyridine rings is 1. The standard InChI is InChI=1S/C24H33N5O3/c1-13-9-10-29-19(13)20(21(30)18-22(29)26-15(3)14(2)25-18)27-11-12-28(17-8-7-16(17)27)23(31)32-24(4,5)6/h13,16-17H,7-12H2,1-6H3/t13-,16-,17-/m0/s1. The molecule has 172 valence electrons. The molecule has 0 radical (unpaired) electrons. The summed E-state index contributed by atoms with van der Waals surface area (Å²) >= 11 is 0. The number of aryl methyl sites for hydroxylation is 3. The summed E-state index contributed by atoms with van der Waals surface area (Å²) in [6.07, 6.45) is 2.64. The molecular weight excluding hydrogens is 406 g/mol. The summed E-state index contributed by atoms with van der Waals surface area (Å²) in [4.78, 5) is 40.2. The number of aromatic nitrogens is 3. The van der Waals surface area contributed by atoms with Crippen LogP contribution in [0.3, 0.4) is 0 Å². The van der Waals surface area contributed by atoms with Gasteiger partial charge in [-0.05, 0) is 53.9 Å². The van der Waals surface area contributed by atoms with Gasteiger partial charge in [-0.1, -0.05) is 6.92 Å². The third-order valence-electron chi connectivity index (χ3n) is 7.26. The minimum Gasteiger partial charge on any atom is -0.444 e. The smallest absolute Gasteiger partial charge is 0.410 e. The molecule has 8 nitrogen and oxygen atoms in total. The molecule has 5 rings (SSSR count). The van der Waals surface area contributed by atoms with Crippen molar-refractivity contribution in [1.29, 1.82) is 0 Å². The molecule has 0 spiro atoms. The van der Waals surface area contributed by atoms with Crippen molar-refractivity contribution in [3.05, 3.63) is 27.3 Å². The zero-order valence-electron chi connectivity index (χ0n) is 19.9. The summed E-state index contributed by atoms with van der Waals surface area (Å²) < 4.78 is 7.86. The molecule has 0 unspecified atom stereocenters. The first kappa shape index (κ1) is 21.2. The highest BCUT2D eigenvalue weighted by atomic mass is 16.6. The molecule has 3 aliphatic rings. The zero-order chi connectivity index (χ0) is 22.9. The summed E-state index contributed by atoms with van der Waals surface area (Å²) in [5, 5.41) is 0. The number of piperazine rings is 1. The lowest BCUT2D eigenvalue weighted by Crippen LogP contribution is -2.67. The van der Waals surface area contributed by atoms with E-state index in [0.29, 0.717) is 24.3 Å². The van der Waals surface area contributed by atoms with Crippen molar-refractivity contribution in [2.45, 2.75) is 91.0 Å². The van der Waals surface area contributed by atoms with E-state index in [1.807, 2.05) is 39.5 Å². The Kier molecular flexibility index (Phi) is 4.76. The fraction of sp³-hybridized carbons (Fsp3) is 0.667. The van der Waals surface area contributed by atoms with Crippen molar-refractivity contribution in [3.8, 4) is 0 Å². The van der Waals surface area contributed by atoms with Gasteiger partial charge in [-0.15, -0.1) is 0 Å². The van der Waals surface area contributed by atoms with Gasteiger partial charge in [-0.2, -0.15) is 0 Å². The minimum absolute atomic E-state index is 0.0213. The highest BCUT2D eigenvalue weighted by molar-refractivity contribution is 5.79. The van der Waals surface area contributed by atoms with E-state index in [4.69, 9.17) is 9.72 Å². The van der Waals surface area contributed by atoms with Gasteiger partial charge in [-0.25, -0.2) is 14.8 Å². The van der Waals surface area contributed by atoms with Crippen molar-refractivity contribution in [2.75, 3.05) is 18.0 Å². The van der Waals surface area contributed by atoms with Crippen LogP contribution in [0.2, 0.25) is 0 Å². The molecule has 3 atom stereocenters. The van der Waals surface area contributed by atoms with Gasteiger partial charge in [0, 0.05) is 37.3 Å². The first-order valence-corrected chi connectivity index (χ1v) is 11.7. The molecule has 0 N–H and O–H groups in total. The molecule has 0 bridgehead atoms. The van der Waals surface area contributed by atoms with Gasteiger partial charge in [0.15, 0.2) is 11.2 Å². The number of hydrogen-bond acceptors (Lipinski definition) is 6. The number of rotatable bonds is 1. The van der Waals surface area contributed by atoms with E-state index < -0.39 is 5.60 Å². The van der Waals surface area contributed by atoms with Crippen LogP contribution in [0.5, 0.6) is 0 Å². The molecule has 8 heteroatoms. The van der Waals surface area contributed by atoms with E-state index in [2.05, 4.69) is 21.4 Å². The molecule has 1 saturated heterocycles. The van der Waals surface area contributed by atoms with Gasteiger partial charge < -0.3 is 19.1 Å².